The average molecular weight is 490 g/mol. The molecule has 178 valence electrons. The fourth-order valence-corrected chi connectivity index (χ4v) is 4.53. The summed E-state index contributed by atoms with van der Waals surface area (Å²) in [6.07, 6.45) is 1.41. The molecule has 35 heavy (non-hydrogen) atoms. The van der Waals surface area contributed by atoms with Crippen LogP contribution in [0.1, 0.15) is 26.5 Å². The van der Waals surface area contributed by atoms with E-state index in [9.17, 15) is 18.0 Å². The summed E-state index contributed by atoms with van der Waals surface area (Å²) in [5.41, 5.74) is 2.74. The number of hydrogen-bond acceptors (Lipinski definition) is 5. The third-order valence-corrected chi connectivity index (χ3v) is 7.08. The van der Waals surface area contributed by atoms with Gasteiger partial charge < -0.3 is 15.1 Å². The third-order valence-electron chi connectivity index (χ3n) is 5.30. The van der Waals surface area contributed by atoms with Crippen molar-refractivity contribution >= 4 is 38.9 Å². The molecule has 2 N–H and O–H groups in total. The number of aryl methyl sites for hydroxylation is 1. The zero-order valence-electron chi connectivity index (χ0n) is 19.1. The number of hydrogen-bond donors (Lipinski definition) is 2. The Bertz CT molecular complexity index is 1450. The van der Waals surface area contributed by atoms with Gasteiger partial charge in [-0.25, -0.2) is 8.42 Å². The van der Waals surface area contributed by atoms with Crippen LogP contribution in [0.2, 0.25) is 0 Å². The second-order valence-corrected chi connectivity index (χ2v) is 9.77. The second-order valence-electron chi connectivity index (χ2n) is 7.80. The number of nitrogens with zero attached hydrogens (tertiary/aromatic N) is 1. The molecule has 8 nitrogen and oxygen atoms in total. The topological polar surface area (TPSA) is 109 Å². The number of anilines is 3. The van der Waals surface area contributed by atoms with E-state index in [1.54, 1.807) is 48.5 Å². The highest BCUT2D eigenvalue weighted by molar-refractivity contribution is 7.92. The fourth-order valence-electron chi connectivity index (χ4n) is 3.29. The predicted molar refractivity (Wildman–Crippen MR) is 134 cm³/mol. The number of sulfonamides is 1. The largest absolute Gasteiger partial charge is 0.459 e. The summed E-state index contributed by atoms with van der Waals surface area (Å²) in [6.45, 7) is 1.92. The van der Waals surface area contributed by atoms with Gasteiger partial charge in [-0.3, -0.25) is 13.9 Å². The number of benzene rings is 3. The standard InChI is InChI=1S/C26H23N3O5S/c1-18-8-14-22(15-9-18)29(2)35(32,33)23-6-3-5-19(17-23)25(30)27-20-10-12-21(13-11-20)28-26(31)24-7-4-16-34-24/h3-17H,1-2H3,(H,27,30)(H,28,31). The van der Waals surface area contributed by atoms with Crippen molar-refractivity contribution < 1.29 is 22.4 Å². The number of rotatable bonds is 7. The first-order chi connectivity index (χ1) is 16.7. The van der Waals surface area contributed by atoms with Crippen molar-refractivity contribution in [3.8, 4) is 0 Å². The molecule has 3 aromatic carbocycles. The summed E-state index contributed by atoms with van der Waals surface area (Å²) < 4.78 is 32.5. The molecule has 1 aromatic heterocycles. The van der Waals surface area contributed by atoms with E-state index in [2.05, 4.69) is 10.6 Å². The lowest BCUT2D eigenvalue weighted by atomic mass is 10.2. The lowest BCUT2D eigenvalue weighted by Gasteiger charge is -2.20. The van der Waals surface area contributed by atoms with Crippen LogP contribution in [0.25, 0.3) is 0 Å². The molecule has 0 aliphatic carbocycles. The molecule has 0 spiro atoms. The first-order valence-electron chi connectivity index (χ1n) is 10.7. The van der Waals surface area contributed by atoms with Crippen LogP contribution in [0.3, 0.4) is 0 Å². The highest BCUT2D eigenvalue weighted by Gasteiger charge is 2.22. The molecule has 0 aliphatic rings. The van der Waals surface area contributed by atoms with Crippen molar-refractivity contribution in [1.29, 1.82) is 0 Å². The van der Waals surface area contributed by atoms with Crippen LogP contribution in [0.15, 0.2) is 101 Å². The quantitative estimate of drug-likeness (QED) is 0.383. The van der Waals surface area contributed by atoms with Gasteiger partial charge in [0.05, 0.1) is 16.8 Å². The van der Waals surface area contributed by atoms with E-state index >= 15 is 0 Å². The van der Waals surface area contributed by atoms with Gasteiger partial charge in [0, 0.05) is 24.0 Å². The molecular formula is C26H23N3O5S. The van der Waals surface area contributed by atoms with Crippen LogP contribution in [0, 0.1) is 6.92 Å². The summed E-state index contributed by atoms with van der Waals surface area (Å²) in [6, 6.07) is 22.7. The molecule has 0 atom stereocenters. The maximum atomic E-state index is 13.1. The molecule has 4 aromatic rings. The lowest BCUT2D eigenvalue weighted by Crippen LogP contribution is -2.26. The first-order valence-corrected chi connectivity index (χ1v) is 12.1. The van der Waals surface area contributed by atoms with Crippen molar-refractivity contribution in [3.05, 3.63) is 108 Å². The van der Waals surface area contributed by atoms with Crippen LogP contribution < -0.4 is 14.9 Å². The fraction of sp³-hybridized carbons (Fsp3) is 0.0769. The van der Waals surface area contributed by atoms with Crippen molar-refractivity contribution in [2.45, 2.75) is 11.8 Å². The van der Waals surface area contributed by atoms with E-state index in [0.717, 1.165) is 5.56 Å². The SMILES string of the molecule is Cc1ccc(N(C)S(=O)(=O)c2cccc(C(=O)Nc3ccc(NC(=O)c4ccco4)cc3)c2)cc1. The van der Waals surface area contributed by atoms with Crippen LogP contribution in [-0.2, 0) is 10.0 Å². The average Bonchev–Trinajstić information content (AvgIpc) is 3.41. The first kappa shape index (κ1) is 23.8. The number of furan rings is 1. The molecule has 0 aliphatic heterocycles. The Morgan fingerprint density at radius 2 is 1.43 bits per heavy atom. The Morgan fingerprint density at radius 1 is 0.800 bits per heavy atom. The van der Waals surface area contributed by atoms with Gasteiger partial charge in [-0.2, -0.15) is 0 Å². The van der Waals surface area contributed by atoms with E-state index in [-0.39, 0.29) is 22.1 Å². The minimum atomic E-state index is -3.86. The molecule has 1 heterocycles. The minimum Gasteiger partial charge on any atom is -0.459 e. The van der Waals surface area contributed by atoms with E-state index in [1.807, 2.05) is 19.1 Å². The van der Waals surface area contributed by atoms with Crippen molar-refractivity contribution in [1.82, 2.24) is 0 Å². The van der Waals surface area contributed by atoms with E-state index in [1.165, 1.54) is 41.9 Å². The lowest BCUT2D eigenvalue weighted by molar-refractivity contribution is 0.0994. The van der Waals surface area contributed by atoms with E-state index < -0.39 is 15.9 Å². The highest BCUT2D eigenvalue weighted by atomic mass is 32.2. The van der Waals surface area contributed by atoms with Gasteiger partial charge in [-0.15, -0.1) is 0 Å². The molecule has 0 fully saturated rings. The Labute approximate surface area is 203 Å². The molecular weight excluding hydrogens is 466 g/mol. The minimum absolute atomic E-state index is 0.00390. The molecule has 0 radical (unpaired) electrons. The maximum Gasteiger partial charge on any atom is 0.291 e. The Kier molecular flexibility index (Phi) is 6.70. The van der Waals surface area contributed by atoms with Crippen LogP contribution in [0.4, 0.5) is 17.1 Å². The Balaban J connectivity index is 1.46. The summed E-state index contributed by atoms with van der Waals surface area (Å²) in [5, 5.41) is 5.42. The third kappa shape index (κ3) is 5.42. The summed E-state index contributed by atoms with van der Waals surface area (Å²) >= 11 is 0. The van der Waals surface area contributed by atoms with Gasteiger partial charge in [-0.1, -0.05) is 23.8 Å². The van der Waals surface area contributed by atoms with E-state index in [0.29, 0.717) is 17.1 Å². The number of carbonyl (C=O) groups excluding carboxylic acids is 2. The molecule has 0 unspecified atom stereocenters. The smallest absolute Gasteiger partial charge is 0.291 e. The van der Waals surface area contributed by atoms with Gasteiger partial charge >= 0.3 is 0 Å². The molecule has 0 bridgehead atoms. The van der Waals surface area contributed by atoms with Gasteiger partial charge in [-0.05, 0) is 73.7 Å². The molecule has 4 rings (SSSR count). The molecule has 9 heteroatoms. The maximum absolute atomic E-state index is 13.1. The molecule has 0 saturated carbocycles. The summed E-state index contributed by atoms with van der Waals surface area (Å²) in [5.74, 6) is -0.668. The van der Waals surface area contributed by atoms with Crippen molar-refractivity contribution in [3.63, 3.8) is 0 Å². The van der Waals surface area contributed by atoms with Gasteiger partial charge in [0.15, 0.2) is 5.76 Å². The Morgan fingerprint density at radius 3 is 2.03 bits per heavy atom. The van der Waals surface area contributed by atoms with Gasteiger partial charge in [0.2, 0.25) is 0 Å². The number of carbonyl (C=O) groups is 2. The monoisotopic (exact) mass is 489 g/mol. The second kappa shape index (κ2) is 9.86. The normalized spacial score (nSPS) is 11.0. The zero-order valence-corrected chi connectivity index (χ0v) is 19.9. The number of amides is 2. The molecule has 0 saturated heterocycles. The van der Waals surface area contributed by atoms with E-state index in [4.69, 9.17) is 4.42 Å². The van der Waals surface area contributed by atoms with Crippen LogP contribution >= 0.6 is 0 Å². The zero-order chi connectivity index (χ0) is 25.0. The predicted octanol–water partition coefficient (Wildman–Crippen LogP) is 4.92. The van der Waals surface area contributed by atoms with Crippen LogP contribution in [0.5, 0.6) is 0 Å². The Hall–Kier alpha value is -4.37. The van der Waals surface area contributed by atoms with Crippen LogP contribution in [-0.4, -0.2) is 27.3 Å². The number of nitrogens with one attached hydrogen (secondary N) is 2. The highest BCUT2D eigenvalue weighted by Crippen LogP contribution is 2.23. The summed E-state index contributed by atoms with van der Waals surface area (Å²) in [7, 11) is -2.39. The van der Waals surface area contributed by atoms with Gasteiger partial charge in [0.25, 0.3) is 21.8 Å². The summed E-state index contributed by atoms with van der Waals surface area (Å²) in [4.78, 5) is 24.9. The van der Waals surface area contributed by atoms with Crippen molar-refractivity contribution in [2.24, 2.45) is 0 Å². The molecule has 2 amide bonds. The van der Waals surface area contributed by atoms with Gasteiger partial charge in [0.1, 0.15) is 0 Å². The van der Waals surface area contributed by atoms with Crippen molar-refractivity contribution in [2.75, 3.05) is 22.0 Å².